The van der Waals surface area contributed by atoms with E-state index in [1.807, 2.05) is 0 Å². The summed E-state index contributed by atoms with van der Waals surface area (Å²) in [7, 11) is -0.823. The lowest BCUT2D eigenvalue weighted by Crippen LogP contribution is -2.09. The minimum atomic E-state index is -0.823. The first kappa shape index (κ1) is 11.4. The molecule has 1 saturated carbocycles. The van der Waals surface area contributed by atoms with Crippen molar-refractivity contribution in [2.24, 2.45) is 0 Å². The fourth-order valence-corrected chi connectivity index (χ4v) is 5.94. The van der Waals surface area contributed by atoms with Crippen molar-refractivity contribution in [1.29, 1.82) is 0 Å². The molecule has 0 bridgehead atoms. The van der Waals surface area contributed by atoms with E-state index in [4.69, 9.17) is 0 Å². The third-order valence-corrected chi connectivity index (χ3v) is 7.76. The SMILES string of the molecule is C[P+]1(C2CCCCCCCC2)C=CC=C1. The first-order valence-electron chi connectivity index (χ1n) is 6.54. The zero-order valence-electron chi connectivity index (χ0n) is 9.99. The molecule has 0 atom stereocenters. The third kappa shape index (κ3) is 2.94. The van der Waals surface area contributed by atoms with Crippen molar-refractivity contribution in [1.82, 2.24) is 0 Å². The highest BCUT2D eigenvalue weighted by atomic mass is 31.2. The van der Waals surface area contributed by atoms with E-state index in [-0.39, 0.29) is 0 Å². The minimum Gasteiger partial charge on any atom is -0.0533 e. The largest absolute Gasteiger partial charge is 0.0777 e. The lowest BCUT2D eigenvalue weighted by molar-refractivity contribution is 0.624. The van der Waals surface area contributed by atoms with Crippen molar-refractivity contribution in [3.05, 3.63) is 23.8 Å². The van der Waals surface area contributed by atoms with Crippen LogP contribution in [0.5, 0.6) is 0 Å². The van der Waals surface area contributed by atoms with Crippen molar-refractivity contribution < 1.29 is 0 Å². The second-order valence-corrected chi connectivity index (χ2v) is 9.03. The summed E-state index contributed by atoms with van der Waals surface area (Å²) >= 11 is 0. The van der Waals surface area contributed by atoms with Gasteiger partial charge in [0.25, 0.3) is 0 Å². The van der Waals surface area contributed by atoms with Gasteiger partial charge in [-0.15, -0.1) is 0 Å². The Labute approximate surface area is 95.2 Å². The average Bonchev–Trinajstić information content (AvgIpc) is 2.70. The summed E-state index contributed by atoms with van der Waals surface area (Å²) in [6, 6.07) is 0. The van der Waals surface area contributed by atoms with Gasteiger partial charge in [-0.25, -0.2) is 0 Å². The van der Waals surface area contributed by atoms with E-state index in [0.717, 1.165) is 5.66 Å². The molecule has 0 spiro atoms. The van der Waals surface area contributed by atoms with Gasteiger partial charge in [-0.1, -0.05) is 25.7 Å². The van der Waals surface area contributed by atoms with E-state index >= 15 is 0 Å². The Bertz CT molecular complexity index is 230. The van der Waals surface area contributed by atoms with Crippen molar-refractivity contribution >= 4 is 7.26 Å². The van der Waals surface area contributed by atoms with Gasteiger partial charge in [0.05, 0.1) is 31.2 Å². The molecule has 1 aliphatic carbocycles. The molecule has 84 valence electrons. The van der Waals surface area contributed by atoms with Crippen LogP contribution in [0.15, 0.2) is 23.8 Å². The fourth-order valence-electron chi connectivity index (χ4n) is 2.93. The monoisotopic (exact) mass is 223 g/mol. The molecule has 1 heteroatoms. The van der Waals surface area contributed by atoms with Crippen LogP contribution in [0.25, 0.3) is 0 Å². The zero-order valence-corrected chi connectivity index (χ0v) is 10.9. The van der Waals surface area contributed by atoms with Crippen LogP contribution in [0.4, 0.5) is 0 Å². The predicted molar refractivity (Wildman–Crippen MR) is 71.8 cm³/mol. The summed E-state index contributed by atoms with van der Waals surface area (Å²) in [6.07, 6.45) is 16.4. The van der Waals surface area contributed by atoms with Gasteiger partial charge in [0.15, 0.2) is 0 Å². The quantitative estimate of drug-likeness (QED) is 0.537. The molecule has 1 fully saturated rings. The highest BCUT2D eigenvalue weighted by molar-refractivity contribution is 7.81. The molecule has 0 nitrogen and oxygen atoms in total. The molecular formula is C14H24P+. The fraction of sp³-hybridized carbons (Fsp3) is 0.714. The Morgan fingerprint density at radius 2 is 1.27 bits per heavy atom. The number of hydrogen-bond acceptors (Lipinski definition) is 0. The average molecular weight is 223 g/mol. The molecule has 0 radical (unpaired) electrons. The van der Waals surface area contributed by atoms with Crippen molar-refractivity contribution in [3.63, 3.8) is 0 Å². The second-order valence-electron chi connectivity index (χ2n) is 5.26. The van der Waals surface area contributed by atoms with E-state index in [1.54, 1.807) is 0 Å². The van der Waals surface area contributed by atoms with Gasteiger partial charge in [0.1, 0.15) is 0 Å². The van der Waals surface area contributed by atoms with Crippen LogP contribution in [-0.4, -0.2) is 12.3 Å². The lowest BCUT2D eigenvalue weighted by atomic mass is 10.1. The number of allylic oxidation sites excluding steroid dienone is 2. The van der Waals surface area contributed by atoms with Crippen molar-refractivity contribution in [3.8, 4) is 0 Å². The maximum Gasteiger partial charge on any atom is 0.0777 e. The summed E-state index contributed by atoms with van der Waals surface area (Å²) in [5, 5.41) is 0. The first-order chi connectivity index (χ1) is 7.31. The summed E-state index contributed by atoms with van der Waals surface area (Å²) in [5.74, 6) is 5.05. The molecule has 2 rings (SSSR count). The van der Waals surface area contributed by atoms with Gasteiger partial charge in [0.2, 0.25) is 0 Å². The van der Waals surface area contributed by atoms with Crippen LogP contribution in [0.2, 0.25) is 0 Å². The maximum absolute atomic E-state index is 2.52. The second kappa shape index (κ2) is 5.30. The Hall–Kier alpha value is -0.0900. The standard InChI is InChI=1S/C14H24P/c1-15(12-8-9-13-15)14-10-6-4-2-3-5-7-11-14/h8-9,12-14H,2-7,10-11H2,1H3/q+1. The number of hydrogen-bond donors (Lipinski definition) is 0. The van der Waals surface area contributed by atoms with E-state index in [1.165, 1.54) is 51.4 Å². The molecule has 0 aromatic heterocycles. The van der Waals surface area contributed by atoms with E-state index in [0.29, 0.717) is 0 Å². The number of rotatable bonds is 1. The molecule has 0 unspecified atom stereocenters. The first-order valence-corrected chi connectivity index (χ1v) is 8.98. The Kier molecular flexibility index (Phi) is 4.03. The molecule has 0 N–H and O–H groups in total. The van der Waals surface area contributed by atoms with Crippen LogP contribution in [-0.2, 0) is 0 Å². The molecule has 1 heterocycles. The molecule has 0 saturated heterocycles. The van der Waals surface area contributed by atoms with Crippen molar-refractivity contribution in [2.45, 2.75) is 57.0 Å². The molecule has 1 aliphatic heterocycles. The van der Waals surface area contributed by atoms with E-state index in [2.05, 4.69) is 30.5 Å². The summed E-state index contributed by atoms with van der Waals surface area (Å²) in [5.41, 5.74) is 1.01. The third-order valence-electron chi connectivity index (χ3n) is 4.04. The van der Waals surface area contributed by atoms with Gasteiger partial charge < -0.3 is 0 Å². The van der Waals surface area contributed by atoms with Crippen LogP contribution >= 0.6 is 7.26 Å². The summed E-state index contributed by atoms with van der Waals surface area (Å²) in [4.78, 5) is 0. The smallest absolute Gasteiger partial charge is 0.0533 e. The maximum atomic E-state index is 2.52. The molecule has 0 amide bonds. The van der Waals surface area contributed by atoms with Crippen molar-refractivity contribution in [2.75, 3.05) is 6.66 Å². The summed E-state index contributed by atoms with van der Waals surface area (Å²) in [6.45, 7) is 2.52. The van der Waals surface area contributed by atoms with Gasteiger partial charge in [-0.3, -0.25) is 0 Å². The zero-order chi connectivity index (χ0) is 10.6. The van der Waals surface area contributed by atoms with Crippen LogP contribution < -0.4 is 0 Å². The van der Waals surface area contributed by atoms with Crippen LogP contribution in [0.1, 0.15) is 51.4 Å². The minimum absolute atomic E-state index is 0.823. The van der Waals surface area contributed by atoms with Gasteiger partial charge >= 0.3 is 0 Å². The van der Waals surface area contributed by atoms with E-state index < -0.39 is 7.26 Å². The lowest BCUT2D eigenvalue weighted by Gasteiger charge is -2.23. The van der Waals surface area contributed by atoms with Gasteiger partial charge in [0, 0.05) is 0 Å². The Balaban J connectivity index is 1.98. The van der Waals surface area contributed by atoms with E-state index in [9.17, 15) is 0 Å². The molecule has 15 heavy (non-hydrogen) atoms. The summed E-state index contributed by atoms with van der Waals surface area (Å²) < 4.78 is 0. The highest BCUT2D eigenvalue weighted by Crippen LogP contribution is 2.67. The Morgan fingerprint density at radius 1 is 0.800 bits per heavy atom. The molecule has 0 aromatic rings. The van der Waals surface area contributed by atoms with Crippen LogP contribution in [0, 0.1) is 0 Å². The molecule has 2 aliphatic rings. The predicted octanol–water partition coefficient (Wildman–Crippen LogP) is 5.18. The topological polar surface area (TPSA) is 0 Å². The van der Waals surface area contributed by atoms with Gasteiger partial charge in [-0.2, -0.15) is 0 Å². The normalized spacial score (nSPS) is 27.3. The van der Waals surface area contributed by atoms with Crippen LogP contribution in [0.3, 0.4) is 0 Å². The molecular weight excluding hydrogens is 199 g/mol. The Morgan fingerprint density at radius 3 is 1.80 bits per heavy atom. The van der Waals surface area contributed by atoms with Gasteiger partial charge in [-0.05, 0) is 37.8 Å². The highest BCUT2D eigenvalue weighted by Gasteiger charge is 2.37. The molecule has 0 aromatic carbocycles.